The molecule has 4 amide bonds. The van der Waals surface area contributed by atoms with E-state index in [1.165, 1.54) is 50.6 Å². The molecule has 1 aliphatic heterocycles. The number of carboxylic acids is 1. The lowest BCUT2D eigenvalue weighted by molar-refractivity contribution is -0.139. The predicted octanol–water partition coefficient (Wildman–Crippen LogP) is 2.22. The molecule has 1 fully saturated rings. The van der Waals surface area contributed by atoms with Crippen molar-refractivity contribution in [2.45, 2.75) is 0 Å². The van der Waals surface area contributed by atoms with Crippen molar-refractivity contribution in [1.82, 2.24) is 5.32 Å². The second-order valence-electron chi connectivity index (χ2n) is 6.71. The molecule has 0 unspecified atom stereocenters. The van der Waals surface area contributed by atoms with Crippen LogP contribution >= 0.6 is 22.6 Å². The number of amides is 4. The Morgan fingerprint density at radius 2 is 1.79 bits per heavy atom. The monoisotopic (exact) mass is 580 g/mol. The lowest BCUT2D eigenvalue weighted by Crippen LogP contribution is -2.54. The van der Waals surface area contributed by atoms with E-state index in [2.05, 4.69) is 10.1 Å². The summed E-state index contributed by atoms with van der Waals surface area (Å²) in [6.07, 6.45) is 1.27. The van der Waals surface area contributed by atoms with Crippen molar-refractivity contribution < 1.29 is 43.3 Å². The summed E-state index contributed by atoms with van der Waals surface area (Å²) in [5.41, 5.74) is 0.402. The third-order valence-electron chi connectivity index (χ3n) is 4.55. The standard InChI is InChI=1S/C22H17IN2O9/c1-32-16-9-11(8-15(23)18(16)34-10-17(26)27)7-14-19(28)24-22(31)25(20(14)29)13-5-3-12(4-6-13)21(30)33-2/h3-9H,10H2,1-2H3,(H,26,27)(H,24,28,31)/b14-7+. The molecule has 3 rings (SSSR count). The van der Waals surface area contributed by atoms with Crippen molar-refractivity contribution >= 4 is 64.1 Å². The molecular weight excluding hydrogens is 563 g/mol. The second kappa shape index (κ2) is 10.3. The molecule has 11 nitrogen and oxygen atoms in total. The van der Waals surface area contributed by atoms with Gasteiger partial charge < -0.3 is 19.3 Å². The van der Waals surface area contributed by atoms with E-state index in [-0.39, 0.29) is 28.3 Å². The molecule has 0 aromatic heterocycles. The van der Waals surface area contributed by atoms with Gasteiger partial charge in [0.1, 0.15) is 5.57 Å². The van der Waals surface area contributed by atoms with Crippen LogP contribution in [-0.4, -0.2) is 55.7 Å². The lowest BCUT2D eigenvalue weighted by Gasteiger charge is -2.26. The lowest BCUT2D eigenvalue weighted by atomic mass is 10.1. The van der Waals surface area contributed by atoms with Crippen LogP contribution in [0, 0.1) is 3.57 Å². The zero-order valence-corrected chi connectivity index (χ0v) is 19.9. The van der Waals surface area contributed by atoms with Gasteiger partial charge >= 0.3 is 18.0 Å². The Balaban J connectivity index is 1.96. The fourth-order valence-corrected chi connectivity index (χ4v) is 3.80. The van der Waals surface area contributed by atoms with Crippen molar-refractivity contribution in [3.63, 3.8) is 0 Å². The van der Waals surface area contributed by atoms with E-state index in [9.17, 15) is 24.0 Å². The molecule has 2 aromatic carbocycles. The highest BCUT2D eigenvalue weighted by molar-refractivity contribution is 14.1. The number of esters is 1. The van der Waals surface area contributed by atoms with Crippen LogP contribution in [0.25, 0.3) is 6.08 Å². The molecule has 1 heterocycles. The third-order valence-corrected chi connectivity index (χ3v) is 5.35. The number of ether oxygens (including phenoxy) is 3. The number of rotatable bonds is 7. The second-order valence-corrected chi connectivity index (χ2v) is 7.88. The third kappa shape index (κ3) is 5.17. The number of halogens is 1. The van der Waals surface area contributed by atoms with Gasteiger partial charge in [-0.15, -0.1) is 0 Å². The van der Waals surface area contributed by atoms with Gasteiger partial charge in [-0.3, -0.25) is 14.9 Å². The number of nitrogens with zero attached hydrogens (tertiary/aromatic N) is 1. The summed E-state index contributed by atoms with van der Waals surface area (Å²) in [6, 6.07) is 7.57. The Bertz CT molecular complexity index is 1220. The van der Waals surface area contributed by atoms with Crippen LogP contribution in [0.15, 0.2) is 42.0 Å². The average Bonchev–Trinajstić information content (AvgIpc) is 2.80. The van der Waals surface area contributed by atoms with Gasteiger partial charge in [-0.05, 0) is 70.6 Å². The quantitative estimate of drug-likeness (QED) is 0.218. The van der Waals surface area contributed by atoms with E-state index < -0.39 is 36.4 Å². The smallest absolute Gasteiger partial charge is 0.341 e. The molecule has 0 atom stereocenters. The molecule has 0 radical (unpaired) electrons. The maximum atomic E-state index is 13.1. The number of anilines is 1. The Morgan fingerprint density at radius 3 is 2.38 bits per heavy atom. The maximum Gasteiger partial charge on any atom is 0.341 e. The van der Waals surface area contributed by atoms with Gasteiger partial charge in [0.2, 0.25) is 0 Å². The van der Waals surface area contributed by atoms with E-state index in [1.54, 1.807) is 6.07 Å². The Labute approximate surface area is 206 Å². The minimum absolute atomic E-state index is 0.137. The number of urea groups is 1. The van der Waals surface area contributed by atoms with Gasteiger partial charge in [0, 0.05) is 0 Å². The van der Waals surface area contributed by atoms with E-state index in [0.29, 0.717) is 9.13 Å². The van der Waals surface area contributed by atoms with Crippen LogP contribution in [0.3, 0.4) is 0 Å². The highest BCUT2D eigenvalue weighted by Gasteiger charge is 2.37. The largest absolute Gasteiger partial charge is 0.493 e. The minimum Gasteiger partial charge on any atom is -0.493 e. The van der Waals surface area contributed by atoms with Gasteiger partial charge in [0.15, 0.2) is 18.1 Å². The fourth-order valence-electron chi connectivity index (χ4n) is 3.02. The van der Waals surface area contributed by atoms with Gasteiger partial charge in [0.05, 0.1) is 29.0 Å². The molecule has 0 aliphatic carbocycles. The number of hydrogen-bond donors (Lipinski definition) is 2. The number of barbiturate groups is 1. The normalized spacial score (nSPS) is 14.6. The van der Waals surface area contributed by atoms with Gasteiger partial charge in [-0.25, -0.2) is 19.3 Å². The number of carbonyl (C=O) groups excluding carboxylic acids is 4. The van der Waals surface area contributed by atoms with Crippen molar-refractivity contribution in [1.29, 1.82) is 0 Å². The predicted molar refractivity (Wildman–Crippen MR) is 126 cm³/mol. The summed E-state index contributed by atoms with van der Waals surface area (Å²) in [4.78, 5) is 61.1. The van der Waals surface area contributed by atoms with E-state index >= 15 is 0 Å². The van der Waals surface area contributed by atoms with E-state index in [0.717, 1.165) is 4.90 Å². The molecule has 2 N–H and O–H groups in total. The number of benzene rings is 2. The highest BCUT2D eigenvalue weighted by atomic mass is 127. The first-order valence-corrected chi connectivity index (χ1v) is 10.6. The minimum atomic E-state index is -1.17. The summed E-state index contributed by atoms with van der Waals surface area (Å²) in [7, 11) is 2.58. The topological polar surface area (TPSA) is 149 Å². The number of imide groups is 2. The summed E-state index contributed by atoms with van der Waals surface area (Å²) in [6.45, 7) is -0.584. The van der Waals surface area contributed by atoms with Gasteiger partial charge in [0.25, 0.3) is 11.8 Å². The Hall–Kier alpha value is -3.94. The van der Waals surface area contributed by atoms with Crippen LogP contribution in [0.4, 0.5) is 10.5 Å². The van der Waals surface area contributed by atoms with Crippen molar-refractivity contribution in [3.8, 4) is 11.5 Å². The Morgan fingerprint density at radius 1 is 1.12 bits per heavy atom. The van der Waals surface area contributed by atoms with Crippen molar-refractivity contribution in [2.75, 3.05) is 25.7 Å². The molecule has 1 aliphatic rings. The zero-order valence-electron chi connectivity index (χ0n) is 17.8. The van der Waals surface area contributed by atoms with E-state index in [4.69, 9.17) is 14.6 Å². The first-order chi connectivity index (χ1) is 16.2. The molecule has 1 saturated heterocycles. The molecule has 0 bridgehead atoms. The number of nitrogens with one attached hydrogen (secondary N) is 1. The first-order valence-electron chi connectivity index (χ1n) is 9.48. The number of carboxylic acid groups (broad SMARTS) is 1. The van der Waals surface area contributed by atoms with Gasteiger partial charge in [-0.1, -0.05) is 0 Å². The molecule has 0 spiro atoms. The average molecular weight is 580 g/mol. The summed E-state index contributed by atoms with van der Waals surface area (Å²) < 4.78 is 15.6. The van der Waals surface area contributed by atoms with E-state index in [1.807, 2.05) is 22.6 Å². The summed E-state index contributed by atoms with van der Waals surface area (Å²) >= 11 is 1.90. The molecule has 176 valence electrons. The SMILES string of the molecule is COC(=O)c1ccc(N2C(=O)NC(=O)/C(=C\c3cc(I)c(OCC(=O)O)c(OC)c3)C2=O)cc1. The first kappa shape index (κ1) is 24.7. The highest BCUT2D eigenvalue weighted by Crippen LogP contribution is 2.35. The fraction of sp³-hybridized carbons (Fsp3) is 0.136. The Kier molecular flexibility index (Phi) is 7.50. The number of methoxy groups -OCH3 is 2. The van der Waals surface area contributed by atoms with Crippen LogP contribution in [0.1, 0.15) is 15.9 Å². The molecule has 2 aromatic rings. The maximum absolute atomic E-state index is 13.1. The van der Waals surface area contributed by atoms with Crippen LogP contribution < -0.4 is 19.7 Å². The van der Waals surface area contributed by atoms with Crippen molar-refractivity contribution in [3.05, 3.63) is 56.7 Å². The number of carbonyl (C=O) groups is 5. The molecule has 0 saturated carbocycles. The van der Waals surface area contributed by atoms with Crippen LogP contribution in [0.5, 0.6) is 11.5 Å². The number of aliphatic carboxylic acids is 1. The number of hydrogen-bond acceptors (Lipinski definition) is 8. The summed E-state index contributed by atoms with van der Waals surface area (Å²) in [5, 5.41) is 10.9. The molecule has 34 heavy (non-hydrogen) atoms. The summed E-state index contributed by atoms with van der Waals surface area (Å²) in [5.74, 6) is -3.14. The zero-order chi connectivity index (χ0) is 25.0. The van der Waals surface area contributed by atoms with Crippen LogP contribution in [-0.2, 0) is 19.1 Å². The molecular formula is C22H17IN2O9. The van der Waals surface area contributed by atoms with Gasteiger partial charge in [-0.2, -0.15) is 0 Å². The van der Waals surface area contributed by atoms with Crippen LogP contribution in [0.2, 0.25) is 0 Å². The molecule has 12 heteroatoms. The van der Waals surface area contributed by atoms with Crippen molar-refractivity contribution in [2.24, 2.45) is 0 Å².